The van der Waals surface area contributed by atoms with Crippen molar-refractivity contribution in [1.29, 1.82) is 0 Å². The number of nitrogens with zero attached hydrogens (tertiary/aromatic N) is 1. The molecule has 0 fully saturated rings. The molecule has 0 saturated carbocycles. The van der Waals surface area contributed by atoms with E-state index in [1.807, 2.05) is 38.1 Å². The van der Waals surface area contributed by atoms with E-state index >= 15 is 0 Å². The number of rotatable bonds is 8. The van der Waals surface area contributed by atoms with Crippen LogP contribution in [-0.4, -0.2) is 36.3 Å². The Bertz CT molecular complexity index is 780. The third-order valence-electron chi connectivity index (χ3n) is 3.89. The third-order valence-corrected chi connectivity index (χ3v) is 4.39. The SMILES string of the molecule is CCN(CC)C(=O)COc1ccc(C(=O)/C=C/c2cccc(Br)c2)cc1. The summed E-state index contributed by atoms with van der Waals surface area (Å²) in [6.45, 7) is 5.19. The highest BCUT2D eigenvalue weighted by atomic mass is 79.9. The van der Waals surface area contributed by atoms with Crippen molar-refractivity contribution in [3.05, 3.63) is 70.2 Å². The van der Waals surface area contributed by atoms with Crippen molar-refractivity contribution in [3.63, 3.8) is 0 Å². The Balaban J connectivity index is 1.94. The summed E-state index contributed by atoms with van der Waals surface area (Å²) in [5.41, 5.74) is 1.52. The van der Waals surface area contributed by atoms with E-state index in [0.29, 0.717) is 24.4 Å². The van der Waals surface area contributed by atoms with Gasteiger partial charge in [-0.05, 0) is 61.9 Å². The van der Waals surface area contributed by atoms with Crippen molar-refractivity contribution < 1.29 is 14.3 Å². The smallest absolute Gasteiger partial charge is 0.260 e. The van der Waals surface area contributed by atoms with Gasteiger partial charge in [-0.2, -0.15) is 0 Å². The number of hydrogen-bond acceptors (Lipinski definition) is 3. The van der Waals surface area contributed by atoms with Gasteiger partial charge in [0, 0.05) is 23.1 Å². The van der Waals surface area contributed by atoms with E-state index in [4.69, 9.17) is 4.74 Å². The summed E-state index contributed by atoms with van der Waals surface area (Å²) in [6.07, 6.45) is 3.32. The quantitative estimate of drug-likeness (QED) is 0.467. The predicted octanol–water partition coefficient (Wildman–Crippen LogP) is 4.59. The minimum Gasteiger partial charge on any atom is -0.484 e. The second-order valence-corrected chi connectivity index (χ2v) is 6.55. The minimum absolute atomic E-state index is 0.00222. The Kier molecular flexibility index (Phi) is 7.60. The molecular weight excluding hydrogens is 394 g/mol. The molecule has 0 bridgehead atoms. The summed E-state index contributed by atoms with van der Waals surface area (Å²) in [5, 5.41) is 0. The van der Waals surface area contributed by atoms with Crippen LogP contribution >= 0.6 is 15.9 Å². The average molecular weight is 416 g/mol. The van der Waals surface area contributed by atoms with Crippen LogP contribution in [0.4, 0.5) is 0 Å². The van der Waals surface area contributed by atoms with Crippen molar-refractivity contribution in [2.45, 2.75) is 13.8 Å². The zero-order valence-electron chi connectivity index (χ0n) is 14.9. The van der Waals surface area contributed by atoms with Gasteiger partial charge in [0.25, 0.3) is 5.91 Å². The van der Waals surface area contributed by atoms with Crippen LogP contribution in [0.15, 0.2) is 59.1 Å². The molecule has 2 aromatic carbocycles. The molecule has 0 heterocycles. The fourth-order valence-corrected chi connectivity index (χ4v) is 2.82. The van der Waals surface area contributed by atoms with E-state index in [1.165, 1.54) is 0 Å². The molecule has 0 unspecified atom stereocenters. The summed E-state index contributed by atoms with van der Waals surface area (Å²) < 4.78 is 6.47. The molecule has 0 aliphatic rings. The molecule has 0 radical (unpaired) electrons. The maximum atomic E-state index is 12.2. The molecule has 0 aliphatic carbocycles. The van der Waals surface area contributed by atoms with E-state index in [1.54, 1.807) is 41.3 Å². The van der Waals surface area contributed by atoms with Gasteiger partial charge in [0.15, 0.2) is 12.4 Å². The number of likely N-dealkylation sites (N-methyl/N-ethyl adjacent to an activating group) is 1. The van der Waals surface area contributed by atoms with Gasteiger partial charge in [-0.15, -0.1) is 0 Å². The third kappa shape index (κ3) is 5.85. The van der Waals surface area contributed by atoms with Gasteiger partial charge in [-0.3, -0.25) is 9.59 Å². The summed E-state index contributed by atoms with van der Waals surface area (Å²) in [6, 6.07) is 14.5. The first-order valence-corrected chi connectivity index (χ1v) is 9.31. The predicted molar refractivity (Wildman–Crippen MR) is 107 cm³/mol. The van der Waals surface area contributed by atoms with Gasteiger partial charge in [-0.25, -0.2) is 0 Å². The number of ketones is 1. The van der Waals surface area contributed by atoms with Gasteiger partial charge >= 0.3 is 0 Å². The Labute approximate surface area is 162 Å². The molecule has 0 saturated heterocycles. The van der Waals surface area contributed by atoms with Crippen LogP contribution in [0, 0.1) is 0 Å². The van der Waals surface area contributed by atoms with E-state index in [2.05, 4.69) is 15.9 Å². The maximum absolute atomic E-state index is 12.2. The Morgan fingerprint density at radius 2 is 1.77 bits per heavy atom. The monoisotopic (exact) mass is 415 g/mol. The van der Waals surface area contributed by atoms with Crippen LogP contribution in [0.3, 0.4) is 0 Å². The molecule has 136 valence electrons. The molecular formula is C21H22BrNO3. The molecule has 0 spiro atoms. The van der Waals surface area contributed by atoms with E-state index < -0.39 is 0 Å². The summed E-state index contributed by atoms with van der Waals surface area (Å²) in [4.78, 5) is 25.9. The van der Waals surface area contributed by atoms with Crippen LogP contribution in [-0.2, 0) is 4.79 Å². The number of carbonyl (C=O) groups is 2. The largest absolute Gasteiger partial charge is 0.484 e. The van der Waals surface area contributed by atoms with Crippen LogP contribution in [0.2, 0.25) is 0 Å². The highest BCUT2D eigenvalue weighted by Gasteiger charge is 2.10. The summed E-state index contributed by atoms with van der Waals surface area (Å²) in [5.74, 6) is 0.431. The number of ether oxygens (including phenoxy) is 1. The molecule has 0 N–H and O–H groups in total. The molecule has 0 aliphatic heterocycles. The van der Waals surface area contributed by atoms with E-state index in [-0.39, 0.29) is 18.3 Å². The van der Waals surface area contributed by atoms with Crippen molar-refractivity contribution >= 4 is 33.7 Å². The van der Waals surface area contributed by atoms with Crippen LogP contribution in [0.5, 0.6) is 5.75 Å². The fraction of sp³-hybridized carbons (Fsp3) is 0.238. The summed E-state index contributed by atoms with van der Waals surface area (Å²) >= 11 is 3.41. The highest BCUT2D eigenvalue weighted by molar-refractivity contribution is 9.10. The van der Waals surface area contributed by atoms with Crippen molar-refractivity contribution in [3.8, 4) is 5.75 Å². The molecule has 4 nitrogen and oxygen atoms in total. The fourth-order valence-electron chi connectivity index (χ4n) is 2.41. The van der Waals surface area contributed by atoms with Gasteiger partial charge in [0.2, 0.25) is 0 Å². The number of halogens is 1. The number of amides is 1. The first-order valence-electron chi connectivity index (χ1n) is 8.52. The van der Waals surface area contributed by atoms with Crippen LogP contribution in [0.1, 0.15) is 29.8 Å². The van der Waals surface area contributed by atoms with Crippen LogP contribution in [0.25, 0.3) is 6.08 Å². The Hall–Kier alpha value is -2.40. The summed E-state index contributed by atoms with van der Waals surface area (Å²) in [7, 11) is 0. The first-order chi connectivity index (χ1) is 12.5. The normalized spacial score (nSPS) is 10.7. The average Bonchev–Trinajstić information content (AvgIpc) is 2.66. The van der Waals surface area contributed by atoms with Crippen molar-refractivity contribution in [1.82, 2.24) is 4.90 Å². The lowest BCUT2D eigenvalue weighted by molar-refractivity contribution is -0.132. The van der Waals surface area contributed by atoms with E-state index in [0.717, 1.165) is 10.0 Å². The lowest BCUT2D eigenvalue weighted by atomic mass is 10.1. The molecule has 0 atom stereocenters. The molecule has 1 amide bonds. The Morgan fingerprint density at radius 1 is 1.08 bits per heavy atom. The lowest BCUT2D eigenvalue weighted by Gasteiger charge is -2.18. The first kappa shape index (κ1) is 19.9. The molecule has 0 aromatic heterocycles. The number of carbonyl (C=O) groups excluding carboxylic acids is 2. The number of allylic oxidation sites excluding steroid dienone is 1. The lowest BCUT2D eigenvalue weighted by Crippen LogP contribution is -2.34. The van der Waals surface area contributed by atoms with E-state index in [9.17, 15) is 9.59 Å². The number of hydrogen-bond donors (Lipinski definition) is 0. The zero-order valence-corrected chi connectivity index (χ0v) is 16.5. The highest BCUT2D eigenvalue weighted by Crippen LogP contribution is 2.15. The van der Waals surface area contributed by atoms with Gasteiger partial charge in [0.05, 0.1) is 0 Å². The van der Waals surface area contributed by atoms with Crippen molar-refractivity contribution in [2.24, 2.45) is 0 Å². The topological polar surface area (TPSA) is 46.6 Å². The maximum Gasteiger partial charge on any atom is 0.260 e. The Morgan fingerprint density at radius 3 is 2.38 bits per heavy atom. The molecule has 5 heteroatoms. The second-order valence-electron chi connectivity index (χ2n) is 5.63. The number of benzene rings is 2. The second kappa shape index (κ2) is 9.92. The molecule has 2 rings (SSSR count). The molecule has 26 heavy (non-hydrogen) atoms. The molecule has 2 aromatic rings. The van der Waals surface area contributed by atoms with Crippen molar-refractivity contribution in [2.75, 3.05) is 19.7 Å². The van der Waals surface area contributed by atoms with Gasteiger partial charge in [-0.1, -0.05) is 34.1 Å². The van der Waals surface area contributed by atoms with Gasteiger partial charge in [0.1, 0.15) is 5.75 Å². The minimum atomic E-state index is -0.0873. The standard InChI is InChI=1S/C21H22BrNO3/c1-3-23(4-2)21(25)15-26-19-11-9-17(10-12-19)20(24)13-8-16-6-5-7-18(22)14-16/h5-14H,3-4,15H2,1-2H3/b13-8+. The van der Waals surface area contributed by atoms with Gasteiger partial charge < -0.3 is 9.64 Å². The van der Waals surface area contributed by atoms with Crippen LogP contribution < -0.4 is 4.74 Å². The zero-order chi connectivity index (χ0) is 18.9.